The Hall–Kier alpha value is -0.560. The number of nitriles is 1. The van der Waals surface area contributed by atoms with Crippen LogP contribution in [0.25, 0.3) is 5.69 Å². The van der Waals surface area contributed by atoms with Crippen molar-refractivity contribution in [2.75, 3.05) is 11.7 Å². The van der Waals surface area contributed by atoms with Crippen LogP contribution in [-0.2, 0) is 6.71 Å². The van der Waals surface area contributed by atoms with E-state index < -0.39 is 23.3 Å². The molecule has 0 aliphatic rings. The van der Waals surface area contributed by atoms with Gasteiger partial charge in [-0.3, -0.25) is 4.21 Å². The van der Waals surface area contributed by atoms with Crippen LogP contribution in [0.1, 0.15) is 5.69 Å². The molecule has 0 spiro atoms. The van der Waals surface area contributed by atoms with Crippen LogP contribution >= 0.6 is 60.3 Å². The van der Waals surface area contributed by atoms with Gasteiger partial charge in [-0.15, -0.1) is 0 Å². The molecule has 0 unspecified atom stereocenters. The van der Waals surface area contributed by atoms with Gasteiger partial charge in [0, 0.05) is 19.8 Å². The molecule has 0 bridgehead atoms. The van der Waals surface area contributed by atoms with Crippen LogP contribution in [-0.4, -0.2) is 20.0 Å². The van der Waals surface area contributed by atoms with Gasteiger partial charge < -0.3 is 5.73 Å². The molecule has 0 amide bonds. The fraction of sp³-hybridized carbons (Fsp3) is 0.0909. The number of alkyl halides is 1. The van der Waals surface area contributed by atoms with Gasteiger partial charge in [-0.1, -0.05) is 34.8 Å². The van der Waals surface area contributed by atoms with Gasteiger partial charge in [0.2, 0.25) is 0 Å². The molecule has 0 fully saturated rings. The standard InChI is InChI=1S/C11H6BrCl4FN4OS/c12-23(16,22,4-17)10-8(3-18)20-21(11(10)19)9-6(14)1-5(13)2-7(9)15/h1-2H,4,19H2. The topological polar surface area (TPSA) is 84.7 Å². The molecule has 0 aliphatic heterocycles. The predicted molar refractivity (Wildman–Crippen MR) is 94.9 cm³/mol. The fourth-order valence-electron chi connectivity index (χ4n) is 1.83. The highest BCUT2D eigenvalue weighted by Gasteiger charge is 2.42. The zero-order valence-electron chi connectivity index (χ0n) is 10.9. The van der Waals surface area contributed by atoms with Crippen molar-refractivity contribution in [2.45, 2.75) is 4.90 Å². The second-order valence-corrected chi connectivity index (χ2v) is 15.2. The van der Waals surface area contributed by atoms with Crippen molar-refractivity contribution in [3.05, 3.63) is 32.9 Å². The number of nitrogens with zero attached hydrogens (tertiary/aromatic N) is 3. The maximum Gasteiger partial charge on any atom is 0.181 e. The van der Waals surface area contributed by atoms with Crippen LogP contribution < -0.4 is 5.73 Å². The first-order valence-corrected chi connectivity index (χ1v) is 11.5. The van der Waals surface area contributed by atoms with E-state index in [4.69, 9.17) is 56.5 Å². The molecule has 1 heterocycles. The van der Waals surface area contributed by atoms with Gasteiger partial charge in [0.15, 0.2) is 11.7 Å². The zero-order valence-corrected chi connectivity index (χ0v) is 16.3. The molecular formula is C11H6BrCl4FN4OS. The molecule has 1 aromatic heterocycles. The van der Waals surface area contributed by atoms with Crippen molar-refractivity contribution < 1.29 is 8.60 Å². The summed E-state index contributed by atoms with van der Waals surface area (Å²) in [6.45, 7) is -4.70. The summed E-state index contributed by atoms with van der Waals surface area (Å²) in [5.41, 5.74) is 5.54. The van der Waals surface area contributed by atoms with Crippen LogP contribution in [0.5, 0.6) is 0 Å². The van der Waals surface area contributed by atoms with Gasteiger partial charge in [0.05, 0.1) is 16.8 Å². The molecule has 5 nitrogen and oxygen atoms in total. The third-order valence-corrected chi connectivity index (χ3v) is 7.26. The van der Waals surface area contributed by atoms with E-state index >= 15 is 0 Å². The summed E-state index contributed by atoms with van der Waals surface area (Å²) in [4.78, 5) is -0.462. The summed E-state index contributed by atoms with van der Waals surface area (Å²) in [7, 11) is 5.82. The lowest BCUT2D eigenvalue weighted by Gasteiger charge is -2.24. The SMILES string of the molecule is N#Cc1nn(-c2c(Cl)cc(Cl)cc2Cl)c(N)c1S(=O)(Cl)(Br)CF. The van der Waals surface area contributed by atoms with Gasteiger partial charge in [0.1, 0.15) is 22.5 Å². The van der Waals surface area contributed by atoms with E-state index in [1.165, 1.54) is 12.1 Å². The van der Waals surface area contributed by atoms with Crippen molar-refractivity contribution in [3.63, 3.8) is 0 Å². The number of anilines is 1. The van der Waals surface area contributed by atoms with Crippen molar-refractivity contribution in [2.24, 2.45) is 0 Å². The summed E-state index contributed by atoms with van der Waals surface area (Å²) in [5, 5.41) is 13.4. The third kappa shape index (κ3) is 3.31. The molecule has 2 N–H and O–H groups in total. The number of rotatable bonds is 3. The number of hydrogen-bond acceptors (Lipinski definition) is 4. The van der Waals surface area contributed by atoms with Crippen LogP contribution in [0.2, 0.25) is 15.1 Å². The second kappa shape index (κ2) is 6.06. The summed E-state index contributed by atoms with van der Waals surface area (Å²) >= 11 is 20.6. The zero-order chi connectivity index (χ0) is 17.6. The Morgan fingerprint density at radius 3 is 2.35 bits per heavy atom. The third-order valence-electron chi connectivity index (χ3n) is 2.74. The van der Waals surface area contributed by atoms with E-state index in [1.54, 1.807) is 6.07 Å². The molecule has 0 atom stereocenters. The smallest absolute Gasteiger partial charge is 0.181 e. The molecule has 0 saturated heterocycles. The number of hydrogen-bond donors (Lipinski definition) is 1. The Labute approximate surface area is 157 Å². The molecule has 0 saturated carbocycles. The maximum atomic E-state index is 13.2. The minimum atomic E-state index is -4.70. The maximum absolute atomic E-state index is 13.2. The van der Waals surface area contributed by atoms with Crippen molar-refractivity contribution in [1.82, 2.24) is 9.78 Å². The van der Waals surface area contributed by atoms with Crippen LogP contribution in [0, 0.1) is 11.3 Å². The Morgan fingerprint density at radius 2 is 1.91 bits per heavy atom. The first-order chi connectivity index (χ1) is 10.5. The molecule has 124 valence electrons. The molecular weight excluding hydrogens is 477 g/mol. The molecule has 23 heavy (non-hydrogen) atoms. The highest BCUT2D eigenvalue weighted by Crippen LogP contribution is 2.52. The number of benzene rings is 1. The minimum absolute atomic E-state index is 0.0701. The van der Waals surface area contributed by atoms with Gasteiger partial charge in [0.25, 0.3) is 0 Å². The summed E-state index contributed by atoms with van der Waals surface area (Å²) in [6, 6.07) is 2.91. The monoisotopic (exact) mass is 480 g/mol. The lowest BCUT2D eigenvalue weighted by molar-refractivity contribution is 0.576. The van der Waals surface area contributed by atoms with Crippen LogP contribution in [0.4, 0.5) is 10.2 Å². The Bertz CT molecular complexity index is 896. The van der Waals surface area contributed by atoms with Gasteiger partial charge in [-0.2, -0.15) is 10.4 Å². The fourth-order valence-corrected chi connectivity index (χ4v) is 5.25. The number of nitrogens with two attached hydrogens (primary N) is 1. The summed E-state index contributed by atoms with van der Waals surface area (Å²) in [5.74, 6) is -0.339. The van der Waals surface area contributed by atoms with E-state index in [2.05, 4.69) is 19.9 Å². The molecule has 2 rings (SSSR count). The molecule has 0 aliphatic carbocycles. The van der Waals surface area contributed by atoms with E-state index in [-0.39, 0.29) is 26.6 Å². The first kappa shape index (κ1) is 18.8. The Morgan fingerprint density at radius 1 is 1.39 bits per heavy atom. The normalized spacial score (nSPS) is 13.3. The predicted octanol–water partition coefficient (Wildman–Crippen LogP) is 4.86. The average Bonchev–Trinajstić information content (AvgIpc) is 2.76. The largest absolute Gasteiger partial charge is 0.383 e. The van der Waals surface area contributed by atoms with E-state index in [9.17, 15) is 8.60 Å². The minimum Gasteiger partial charge on any atom is -0.383 e. The van der Waals surface area contributed by atoms with E-state index in [0.717, 1.165) is 4.68 Å². The van der Waals surface area contributed by atoms with E-state index in [0.29, 0.717) is 0 Å². The summed E-state index contributed by atoms with van der Waals surface area (Å²) in [6.07, 6.45) is 0. The second-order valence-electron chi connectivity index (χ2n) is 4.32. The Balaban J connectivity index is 2.88. The lowest BCUT2D eigenvalue weighted by atomic mass is 10.3. The quantitative estimate of drug-likeness (QED) is 0.633. The van der Waals surface area contributed by atoms with Gasteiger partial charge in [-0.05, 0) is 22.8 Å². The van der Waals surface area contributed by atoms with Crippen molar-refractivity contribution >= 4 is 72.8 Å². The van der Waals surface area contributed by atoms with Crippen molar-refractivity contribution in [1.29, 1.82) is 5.26 Å². The van der Waals surface area contributed by atoms with Crippen LogP contribution in [0.15, 0.2) is 17.0 Å². The first-order valence-electron chi connectivity index (χ1n) is 5.59. The van der Waals surface area contributed by atoms with E-state index in [1.807, 2.05) is 0 Å². The number of halogens is 6. The highest BCUT2D eigenvalue weighted by atomic mass is 79.9. The molecule has 12 heteroatoms. The lowest BCUT2D eigenvalue weighted by Crippen LogP contribution is -2.21. The van der Waals surface area contributed by atoms with Crippen LogP contribution in [0.3, 0.4) is 0 Å². The number of aromatic nitrogens is 2. The molecule has 0 radical (unpaired) electrons. The van der Waals surface area contributed by atoms with Gasteiger partial charge >= 0.3 is 0 Å². The molecule has 2 aromatic rings. The summed E-state index contributed by atoms with van der Waals surface area (Å²) < 4.78 is 26.8. The highest BCUT2D eigenvalue weighted by molar-refractivity contribution is 9.56. The average molecular weight is 483 g/mol. The molecule has 1 aromatic carbocycles. The van der Waals surface area contributed by atoms with Crippen molar-refractivity contribution in [3.8, 4) is 11.8 Å². The Kier molecular flexibility index (Phi) is 4.95. The number of nitrogen functional groups attached to an aromatic ring is 1. The van der Waals surface area contributed by atoms with Gasteiger partial charge in [-0.25, -0.2) is 9.07 Å².